The van der Waals surface area contributed by atoms with E-state index >= 15 is 0 Å². The van der Waals surface area contributed by atoms with Gasteiger partial charge in [-0.1, -0.05) is 35.0 Å². The van der Waals surface area contributed by atoms with E-state index in [0.717, 1.165) is 0 Å². The highest BCUT2D eigenvalue weighted by atomic mass is 35.5. The molecule has 76 valence electrons. The van der Waals surface area contributed by atoms with Crippen molar-refractivity contribution in [2.45, 2.75) is 0 Å². The molecule has 3 nitrogen and oxygen atoms in total. The van der Waals surface area contributed by atoms with Gasteiger partial charge >= 0.3 is 0 Å². The van der Waals surface area contributed by atoms with Gasteiger partial charge in [-0.05, 0) is 17.7 Å². The highest BCUT2D eigenvalue weighted by Gasteiger charge is 2.12. The highest BCUT2D eigenvalue weighted by molar-refractivity contribution is 6.67. The first kappa shape index (κ1) is 10.2. The van der Waals surface area contributed by atoms with Gasteiger partial charge in [0.2, 0.25) is 5.76 Å². The van der Waals surface area contributed by atoms with Crippen molar-refractivity contribution in [1.82, 2.24) is 5.16 Å². The second kappa shape index (κ2) is 4.04. The monoisotopic (exact) mass is 241 g/mol. The number of carbonyl (C=O) groups is 1. The fourth-order valence-electron chi connectivity index (χ4n) is 1.16. The van der Waals surface area contributed by atoms with E-state index in [9.17, 15) is 4.79 Å². The van der Waals surface area contributed by atoms with Crippen molar-refractivity contribution in [2.24, 2.45) is 0 Å². The van der Waals surface area contributed by atoms with Gasteiger partial charge < -0.3 is 4.52 Å². The molecule has 1 heterocycles. The number of benzene rings is 1. The van der Waals surface area contributed by atoms with E-state index in [-0.39, 0.29) is 5.76 Å². The molecule has 0 bridgehead atoms. The minimum atomic E-state index is -0.680. The van der Waals surface area contributed by atoms with E-state index in [1.807, 2.05) is 6.07 Å². The maximum atomic E-state index is 10.8. The summed E-state index contributed by atoms with van der Waals surface area (Å²) in [5.74, 6) is 0.00610. The zero-order valence-electron chi connectivity index (χ0n) is 7.41. The van der Waals surface area contributed by atoms with Gasteiger partial charge in [-0.15, -0.1) is 0 Å². The molecule has 1 aromatic heterocycles. The van der Waals surface area contributed by atoms with Gasteiger partial charge in [-0.2, -0.15) is 0 Å². The standard InChI is InChI=1S/C10H5Cl2NO2/c11-7-4-2-1-3-6(7)8-5-9(10(12)14)15-13-8/h1-5H. The van der Waals surface area contributed by atoms with Crippen LogP contribution in [0.15, 0.2) is 34.9 Å². The average molecular weight is 242 g/mol. The van der Waals surface area contributed by atoms with Crippen molar-refractivity contribution in [3.63, 3.8) is 0 Å². The van der Waals surface area contributed by atoms with E-state index in [1.165, 1.54) is 6.07 Å². The number of aromatic nitrogens is 1. The summed E-state index contributed by atoms with van der Waals surface area (Å²) in [5, 5.41) is 3.57. The molecule has 1 aromatic carbocycles. The quantitative estimate of drug-likeness (QED) is 0.758. The SMILES string of the molecule is O=C(Cl)c1cc(-c2ccccc2Cl)no1. The van der Waals surface area contributed by atoms with Crippen LogP contribution in [0.2, 0.25) is 5.02 Å². The summed E-state index contributed by atoms with van der Waals surface area (Å²) in [4.78, 5) is 10.8. The number of hydrogen-bond donors (Lipinski definition) is 0. The lowest BCUT2D eigenvalue weighted by atomic mass is 10.1. The van der Waals surface area contributed by atoms with Gasteiger partial charge in [0.1, 0.15) is 5.69 Å². The van der Waals surface area contributed by atoms with Crippen LogP contribution in [0.1, 0.15) is 10.6 Å². The van der Waals surface area contributed by atoms with Gasteiger partial charge in [0, 0.05) is 11.6 Å². The molecule has 2 rings (SSSR count). The number of nitrogens with zero attached hydrogens (tertiary/aromatic N) is 1. The Balaban J connectivity index is 2.46. The summed E-state index contributed by atoms with van der Waals surface area (Å²) in [6, 6.07) is 8.59. The molecule has 2 aromatic rings. The fraction of sp³-hybridized carbons (Fsp3) is 0. The Hall–Kier alpha value is -1.32. The van der Waals surface area contributed by atoms with Crippen molar-refractivity contribution in [3.05, 3.63) is 41.1 Å². The molecule has 0 fully saturated rings. The number of hydrogen-bond acceptors (Lipinski definition) is 3. The lowest BCUT2D eigenvalue weighted by molar-refractivity contribution is 0.104. The van der Waals surface area contributed by atoms with Crippen LogP contribution in [0.3, 0.4) is 0 Å². The smallest absolute Gasteiger partial charge is 0.290 e. The van der Waals surface area contributed by atoms with E-state index in [2.05, 4.69) is 5.16 Å². The van der Waals surface area contributed by atoms with Gasteiger partial charge in [0.05, 0.1) is 5.02 Å². The summed E-state index contributed by atoms with van der Waals surface area (Å²) in [6.45, 7) is 0. The minimum absolute atomic E-state index is 0.00610. The molecule has 0 N–H and O–H groups in total. The summed E-state index contributed by atoms with van der Waals surface area (Å²) in [5.41, 5.74) is 1.19. The first-order valence-corrected chi connectivity index (χ1v) is 4.85. The topological polar surface area (TPSA) is 43.1 Å². The normalized spacial score (nSPS) is 10.3. The zero-order valence-corrected chi connectivity index (χ0v) is 8.92. The molecule has 0 aliphatic heterocycles. The Morgan fingerprint density at radius 3 is 2.67 bits per heavy atom. The second-order valence-electron chi connectivity index (χ2n) is 2.83. The maximum Gasteiger partial charge on any atom is 0.290 e. The lowest BCUT2D eigenvalue weighted by Gasteiger charge is -1.96. The van der Waals surface area contributed by atoms with Gasteiger partial charge in [0.15, 0.2) is 0 Å². The first-order valence-electron chi connectivity index (χ1n) is 4.10. The van der Waals surface area contributed by atoms with Crippen LogP contribution in [-0.2, 0) is 0 Å². The van der Waals surface area contributed by atoms with Crippen molar-refractivity contribution in [1.29, 1.82) is 0 Å². The summed E-state index contributed by atoms with van der Waals surface area (Å²) < 4.78 is 4.75. The van der Waals surface area contributed by atoms with Crippen LogP contribution in [0, 0.1) is 0 Å². The van der Waals surface area contributed by atoms with E-state index in [1.54, 1.807) is 18.2 Å². The van der Waals surface area contributed by atoms with Gasteiger partial charge in [-0.3, -0.25) is 4.79 Å². The van der Waals surface area contributed by atoms with Crippen LogP contribution >= 0.6 is 23.2 Å². The van der Waals surface area contributed by atoms with Crippen LogP contribution in [0.4, 0.5) is 0 Å². The van der Waals surface area contributed by atoms with Crippen molar-refractivity contribution in [3.8, 4) is 11.3 Å². The second-order valence-corrected chi connectivity index (χ2v) is 3.58. The third-order valence-corrected chi connectivity index (χ3v) is 2.37. The third-order valence-electron chi connectivity index (χ3n) is 1.85. The van der Waals surface area contributed by atoms with Crippen molar-refractivity contribution < 1.29 is 9.32 Å². The Labute approximate surface area is 95.6 Å². The molecule has 0 unspecified atom stereocenters. The van der Waals surface area contributed by atoms with E-state index in [4.69, 9.17) is 27.7 Å². The van der Waals surface area contributed by atoms with E-state index in [0.29, 0.717) is 16.3 Å². The molecular formula is C10H5Cl2NO2. The molecular weight excluding hydrogens is 237 g/mol. The number of carbonyl (C=O) groups excluding carboxylic acids is 1. The Bertz CT molecular complexity index is 508. The molecule has 0 aliphatic carbocycles. The zero-order chi connectivity index (χ0) is 10.8. The minimum Gasteiger partial charge on any atom is -0.351 e. The molecule has 0 saturated heterocycles. The summed E-state index contributed by atoms with van der Waals surface area (Å²) in [6.07, 6.45) is 0. The predicted molar refractivity (Wildman–Crippen MR) is 57.1 cm³/mol. The third kappa shape index (κ3) is 2.03. The lowest BCUT2D eigenvalue weighted by Crippen LogP contribution is -1.82. The molecule has 0 aliphatic rings. The largest absolute Gasteiger partial charge is 0.351 e. The van der Waals surface area contributed by atoms with Crippen LogP contribution in [0.25, 0.3) is 11.3 Å². The first-order chi connectivity index (χ1) is 7.18. The molecule has 15 heavy (non-hydrogen) atoms. The molecule has 0 radical (unpaired) electrons. The molecule has 0 atom stereocenters. The maximum absolute atomic E-state index is 10.8. The number of rotatable bonds is 2. The average Bonchev–Trinajstić information content (AvgIpc) is 2.67. The van der Waals surface area contributed by atoms with Crippen molar-refractivity contribution in [2.75, 3.05) is 0 Å². The Morgan fingerprint density at radius 1 is 1.33 bits per heavy atom. The summed E-state index contributed by atoms with van der Waals surface area (Å²) in [7, 11) is 0. The molecule has 5 heteroatoms. The Morgan fingerprint density at radius 2 is 2.07 bits per heavy atom. The number of halogens is 2. The van der Waals surface area contributed by atoms with Crippen LogP contribution in [-0.4, -0.2) is 10.4 Å². The molecule has 0 amide bonds. The predicted octanol–water partition coefficient (Wildman–Crippen LogP) is 3.37. The van der Waals surface area contributed by atoms with Gasteiger partial charge in [0.25, 0.3) is 5.24 Å². The van der Waals surface area contributed by atoms with Gasteiger partial charge in [-0.25, -0.2) is 0 Å². The summed E-state index contributed by atoms with van der Waals surface area (Å²) >= 11 is 11.2. The molecule has 0 saturated carbocycles. The molecule has 0 spiro atoms. The van der Waals surface area contributed by atoms with Crippen molar-refractivity contribution >= 4 is 28.4 Å². The highest BCUT2D eigenvalue weighted by Crippen LogP contribution is 2.27. The Kier molecular flexibility index (Phi) is 2.75. The fourth-order valence-corrected chi connectivity index (χ4v) is 1.49. The van der Waals surface area contributed by atoms with E-state index < -0.39 is 5.24 Å². The van der Waals surface area contributed by atoms with Crippen LogP contribution in [0.5, 0.6) is 0 Å². The van der Waals surface area contributed by atoms with Crippen LogP contribution < -0.4 is 0 Å².